The lowest BCUT2D eigenvalue weighted by atomic mass is 10.2. The molecule has 0 bridgehead atoms. The lowest BCUT2D eigenvalue weighted by Crippen LogP contribution is -2.25. The van der Waals surface area contributed by atoms with E-state index in [-0.39, 0.29) is 29.4 Å². The van der Waals surface area contributed by atoms with E-state index in [4.69, 9.17) is 4.74 Å². The van der Waals surface area contributed by atoms with Crippen molar-refractivity contribution in [2.24, 2.45) is 0 Å². The van der Waals surface area contributed by atoms with Crippen LogP contribution < -0.4 is 10.3 Å². The van der Waals surface area contributed by atoms with E-state index in [1.165, 1.54) is 47.0 Å². The van der Waals surface area contributed by atoms with Gasteiger partial charge in [0.15, 0.2) is 11.6 Å². The van der Waals surface area contributed by atoms with Gasteiger partial charge in [-0.1, -0.05) is 24.3 Å². The highest BCUT2D eigenvalue weighted by Crippen LogP contribution is 2.26. The molecule has 0 atom stereocenters. The van der Waals surface area contributed by atoms with Crippen molar-refractivity contribution in [3.63, 3.8) is 0 Å². The summed E-state index contributed by atoms with van der Waals surface area (Å²) in [5.41, 5.74) is 0.347. The van der Waals surface area contributed by atoms with Crippen LogP contribution in [0.4, 0.5) is 10.1 Å². The molecule has 0 radical (unpaired) electrons. The number of fused-ring (bicyclic) bond motifs is 1. The summed E-state index contributed by atoms with van der Waals surface area (Å²) in [6, 6.07) is 18.2. The van der Waals surface area contributed by atoms with E-state index in [0.717, 1.165) is 0 Å². The number of nitro benzene ring substituents is 1. The number of hydrogen-bond donors (Lipinski definition) is 0. The maximum atomic E-state index is 13.4. The maximum Gasteiger partial charge on any atom is 0.310 e. The van der Waals surface area contributed by atoms with Crippen LogP contribution in [0.5, 0.6) is 5.75 Å². The molecule has 0 aliphatic rings. The van der Waals surface area contributed by atoms with Crippen LogP contribution in [-0.2, 0) is 6.61 Å². The molecule has 144 valence electrons. The zero-order valence-electron chi connectivity index (χ0n) is 15.0. The van der Waals surface area contributed by atoms with Gasteiger partial charge in [-0.3, -0.25) is 19.5 Å². The van der Waals surface area contributed by atoms with Gasteiger partial charge in [0.2, 0.25) is 0 Å². The van der Waals surface area contributed by atoms with Gasteiger partial charge < -0.3 is 4.74 Å². The molecular weight excluding hydrogens is 377 g/mol. The van der Waals surface area contributed by atoms with Crippen molar-refractivity contribution in [3.8, 4) is 11.4 Å². The number of aromatic nitrogens is 2. The minimum atomic E-state index is -0.545. The highest BCUT2D eigenvalue weighted by molar-refractivity contribution is 5.77. The largest absolute Gasteiger partial charge is 0.479 e. The van der Waals surface area contributed by atoms with Crippen molar-refractivity contribution in [1.29, 1.82) is 0 Å². The normalized spacial score (nSPS) is 10.8. The third-order valence-electron chi connectivity index (χ3n) is 4.35. The number of nitro groups is 1. The molecule has 0 fully saturated rings. The molecule has 4 aromatic rings. The summed E-state index contributed by atoms with van der Waals surface area (Å²) < 4.78 is 20.3. The quantitative estimate of drug-likeness (QED) is 0.379. The van der Waals surface area contributed by atoms with Gasteiger partial charge in [0.05, 0.1) is 21.5 Å². The van der Waals surface area contributed by atoms with Crippen LogP contribution in [0.25, 0.3) is 16.6 Å². The first-order valence-electron chi connectivity index (χ1n) is 8.67. The predicted octanol–water partition coefficient (Wildman–Crippen LogP) is 4.01. The van der Waals surface area contributed by atoms with E-state index in [9.17, 15) is 19.3 Å². The van der Waals surface area contributed by atoms with Crippen molar-refractivity contribution in [3.05, 3.63) is 105 Å². The first-order chi connectivity index (χ1) is 14.0. The third kappa shape index (κ3) is 3.55. The summed E-state index contributed by atoms with van der Waals surface area (Å²) in [4.78, 5) is 28.2. The van der Waals surface area contributed by atoms with E-state index >= 15 is 0 Å². The molecule has 29 heavy (non-hydrogen) atoms. The molecule has 3 aromatic carbocycles. The van der Waals surface area contributed by atoms with Crippen LogP contribution in [0.2, 0.25) is 0 Å². The summed E-state index contributed by atoms with van der Waals surface area (Å²) in [7, 11) is 0. The van der Waals surface area contributed by atoms with E-state index in [0.29, 0.717) is 16.6 Å². The van der Waals surface area contributed by atoms with E-state index in [1.54, 1.807) is 30.3 Å². The van der Waals surface area contributed by atoms with Crippen molar-refractivity contribution in [1.82, 2.24) is 9.55 Å². The van der Waals surface area contributed by atoms with Gasteiger partial charge >= 0.3 is 5.69 Å². The number of rotatable bonds is 5. The second kappa shape index (κ2) is 7.51. The lowest BCUT2D eigenvalue weighted by molar-refractivity contribution is -0.386. The zero-order chi connectivity index (χ0) is 20.4. The standard InChI is InChI=1S/C21H14FN3O4/c22-14-9-11-15(12-10-14)24-20(23-17-6-2-1-5-16(17)21(24)26)13-29-19-8-4-3-7-18(19)25(27)28/h1-12H,13H2. The molecule has 1 heterocycles. The molecule has 0 spiro atoms. The van der Waals surface area contributed by atoms with E-state index in [2.05, 4.69) is 4.98 Å². The molecule has 0 unspecified atom stereocenters. The predicted molar refractivity (Wildman–Crippen MR) is 105 cm³/mol. The Morgan fingerprint density at radius 2 is 1.69 bits per heavy atom. The molecule has 1 aromatic heterocycles. The smallest absolute Gasteiger partial charge is 0.310 e. The number of ether oxygens (including phenoxy) is 1. The Kier molecular flexibility index (Phi) is 4.74. The number of nitrogens with zero attached hydrogens (tertiary/aromatic N) is 3. The molecule has 0 aliphatic heterocycles. The van der Waals surface area contributed by atoms with Gasteiger partial charge in [-0.2, -0.15) is 0 Å². The monoisotopic (exact) mass is 391 g/mol. The fourth-order valence-electron chi connectivity index (χ4n) is 3.00. The van der Waals surface area contributed by atoms with Crippen LogP contribution in [-0.4, -0.2) is 14.5 Å². The van der Waals surface area contributed by atoms with Crippen LogP contribution in [0.15, 0.2) is 77.6 Å². The van der Waals surface area contributed by atoms with Crippen LogP contribution in [0, 0.1) is 15.9 Å². The van der Waals surface area contributed by atoms with Crippen LogP contribution in [0.1, 0.15) is 5.82 Å². The average Bonchev–Trinajstić information content (AvgIpc) is 2.73. The van der Waals surface area contributed by atoms with Crippen molar-refractivity contribution in [2.45, 2.75) is 6.61 Å². The van der Waals surface area contributed by atoms with Gasteiger partial charge in [0.1, 0.15) is 12.4 Å². The van der Waals surface area contributed by atoms with Gasteiger partial charge in [0, 0.05) is 6.07 Å². The fourth-order valence-corrected chi connectivity index (χ4v) is 3.00. The van der Waals surface area contributed by atoms with Gasteiger partial charge in [-0.05, 0) is 42.5 Å². The summed E-state index contributed by atoms with van der Waals surface area (Å²) in [5.74, 6) is -0.141. The topological polar surface area (TPSA) is 87.3 Å². The average molecular weight is 391 g/mol. The highest BCUT2D eigenvalue weighted by atomic mass is 19.1. The van der Waals surface area contributed by atoms with Crippen molar-refractivity contribution < 1.29 is 14.1 Å². The highest BCUT2D eigenvalue weighted by Gasteiger charge is 2.17. The molecule has 0 amide bonds. The zero-order valence-corrected chi connectivity index (χ0v) is 15.0. The molecule has 0 saturated carbocycles. The number of halogens is 1. The van der Waals surface area contributed by atoms with Gasteiger partial charge in [-0.25, -0.2) is 9.37 Å². The molecule has 0 saturated heterocycles. The Morgan fingerprint density at radius 3 is 2.45 bits per heavy atom. The summed E-state index contributed by atoms with van der Waals surface area (Å²) in [6.07, 6.45) is 0. The maximum absolute atomic E-state index is 13.4. The minimum absolute atomic E-state index is 0.0607. The number of hydrogen-bond acceptors (Lipinski definition) is 5. The van der Waals surface area contributed by atoms with Gasteiger partial charge in [-0.15, -0.1) is 0 Å². The number of para-hydroxylation sites is 3. The van der Waals surface area contributed by atoms with Crippen molar-refractivity contribution in [2.75, 3.05) is 0 Å². The first-order valence-corrected chi connectivity index (χ1v) is 8.67. The molecule has 0 N–H and O–H groups in total. The first kappa shape index (κ1) is 18.3. The Bertz CT molecular complexity index is 1270. The van der Waals surface area contributed by atoms with Gasteiger partial charge in [0.25, 0.3) is 5.56 Å². The third-order valence-corrected chi connectivity index (χ3v) is 4.35. The van der Waals surface area contributed by atoms with E-state index in [1.807, 2.05) is 0 Å². The van der Waals surface area contributed by atoms with Crippen molar-refractivity contribution >= 4 is 16.6 Å². The SMILES string of the molecule is O=c1c2ccccc2nc(COc2ccccc2[N+](=O)[O-])n1-c1ccc(F)cc1. The Labute approximate surface area is 163 Å². The lowest BCUT2D eigenvalue weighted by Gasteiger charge is -2.14. The molecule has 8 heteroatoms. The molecule has 4 rings (SSSR count). The second-order valence-electron chi connectivity index (χ2n) is 6.18. The number of benzene rings is 3. The molecule has 0 aliphatic carbocycles. The second-order valence-corrected chi connectivity index (χ2v) is 6.18. The summed E-state index contributed by atoms with van der Waals surface area (Å²) in [6.45, 7) is -0.192. The molecular formula is C21H14FN3O4. The fraction of sp³-hybridized carbons (Fsp3) is 0.0476. The Morgan fingerprint density at radius 1 is 1.00 bits per heavy atom. The minimum Gasteiger partial charge on any atom is -0.479 e. The Balaban J connectivity index is 1.83. The van der Waals surface area contributed by atoms with Crippen LogP contribution in [0.3, 0.4) is 0 Å². The van der Waals surface area contributed by atoms with E-state index < -0.39 is 10.7 Å². The molecule has 7 nitrogen and oxygen atoms in total. The summed E-state index contributed by atoms with van der Waals surface area (Å²) >= 11 is 0. The Hall–Kier alpha value is -4.07. The summed E-state index contributed by atoms with van der Waals surface area (Å²) in [5, 5.41) is 11.6. The van der Waals surface area contributed by atoms with Crippen LogP contribution >= 0.6 is 0 Å².